The van der Waals surface area contributed by atoms with Crippen LogP contribution in [0, 0.1) is 0 Å². The first-order valence-electron chi connectivity index (χ1n) is 5.52. The molecule has 8 heteroatoms. The predicted molar refractivity (Wildman–Crippen MR) is 72.7 cm³/mol. The molecule has 7 nitrogen and oxygen atoms in total. The van der Waals surface area contributed by atoms with Gasteiger partial charge < -0.3 is 10.5 Å². The number of para-hydroxylation sites is 2. The van der Waals surface area contributed by atoms with E-state index in [-0.39, 0.29) is 13.0 Å². The van der Waals surface area contributed by atoms with Crippen molar-refractivity contribution in [3.63, 3.8) is 0 Å². The molecular weight excluding hydrogens is 270 g/mol. The summed E-state index contributed by atoms with van der Waals surface area (Å²) in [5.41, 5.74) is 6.28. The zero-order chi connectivity index (χ0) is 14.5. The Labute approximate surface area is 112 Å². The van der Waals surface area contributed by atoms with Gasteiger partial charge in [0.15, 0.2) is 0 Å². The van der Waals surface area contributed by atoms with E-state index in [2.05, 4.69) is 9.46 Å². The Bertz CT molecular complexity index is 545. The summed E-state index contributed by atoms with van der Waals surface area (Å²) in [4.78, 5) is 11.0. The van der Waals surface area contributed by atoms with Gasteiger partial charge in [-0.3, -0.25) is 9.52 Å². The zero-order valence-electron chi connectivity index (χ0n) is 10.8. The highest BCUT2D eigenvalue weighted by Gasteiger charge is 2.19. The number of rotatable bonds is 6. The van der Waals surface area contributed by atoms with Crippen molar-refractivity contribution >= 4 is 27.6 Å². The van der Waals surface area contributed by atoms with Gasteiger partial charge in [-0.05, 0) is 12.1 Å². The molecule has 0 aliphatic heterocycles. The lowest BCUT2D eigenvalue weighted by Crippen LogP contribution is -2.34. The summed E-state index contributed by atoms with van der Waals surface area (Å²) in [5, 5.41) is 0. The van der Waals surface area contributed by atoms with Crippen LogP contribution in [0.3, 0.4) is 0 Å². The van der Waals surface area contributed by atoms with E-state index < -0.39 is 16.2 Å². The molecule has 0 radical (unpaired) electrons. The van der Waals surface area contributed by atoms with Crippen molar-refractivity contribution < 1.29 is 17.9 Å². The molecule has 19 heavy (non-hydrogen) atoms. The first-order chi connectivity index (χ1) is 8.86. The lowest BCUT2D eigenvalue weighted by molar-refractivity contribution is -0.140. The zero-order valence-corrected chi connectivity index (χ0v) is 11.6. The van der Waals surface area contributed by atoms with Gasteiger partial charge in [0, 0.05) is 13.6 Å². The lowest BCUT2D eigenvalue weighted by atomic mass is 10.3. The first-order valence-corrected chi connectivity index (χ1v) is 6.96. The molecule has 0 heterocycles. The third kappa shape index (κ3) is 4.42. The fraction of sp³-hybridized carbons (Fsp3) is 0.364. The summed E-state index contributed by atoms with van der Waals surface area (Å²) >= 11 is 0. The number of ether oxygens (including phenoxy) is 1. The highest BCUT2D eigenvalue weighted by Crippen LogP contribution is 2.19. The van der Waals surface area contributed by atoms with Crippen LogP contribution in [0.4, 0.5) is 11.4 Å². The molecule has 0 spiro atoms. The third-order valence-corrected chi connectivity index (χ3v) is 3.95. The third-order valence-electron chi connectivity index (χ3n) is 2.47. The van der Waals surface area contributed by atoms with Gasteiger partial charge in [0.25, 0.3) is 0 Å². The summed E-state index contributed by atoms with van der Waals surface area (Å²) in [6, 6.07) is 6.52. The molecule has 0 unspecified atom stereocenters. The molecule has 1 aromatic carbocycles. The maximum Gasteiger partial charge on any atom is 0.306 e. The normalized spacial score (nSPS) is 11.3. The molecule has 0 fully saturated rings. The summed E-state index contributed by atoms with van der Waals surface area (Å²) in [6.45, 7) is 0.0226. The summed E-state index contributed by atoms with van der Waals surface area (Å²) in [7, 11) is -1.13. The van der Waals surface area contributed by atoms with Gasteiger partial charge in [-0.15, -0.1) is 0 Å². The molecule has 1 rings (SSSR count). The van der Waals surface area contributed by atoms with Crippen LogP contribution in [0.15, 0.2) is 24.3 Å². The molecule has 0 saturated heterocycles. The van der Waals surface area contributed by atoms with Crippen LogP contribution in [0.2, 0.25) is 0 Å². The van der Waals surface area contributed by atoms with E-state index in [0.717, 1.165) is 4.31 Å². The second-order valence-electron chi connectivity index (χ2n) is 3.84. The number of carbonyl (C=O) groups excluding carboxylic acids is 1. The highest BCUT2D eigenvalue weighted by molar-refractivity contribution is 7.90. The van der Waals surface area contributed by atoms with Crippen molar-refractivity contribution in [1.82, 2.24) is 4.31 Å². The molecule has 0 bridgehead atoms. The number of nitrogens with two attached hydrogens (primary N) is 1. The van der Waals surface area contributed by atoms with Crippen molar-refractivity contribution in [2.75, 3.05) is 31.2 Å². The van der Waals surface area contributed by atoms with Crippen LogP contribution in [-0.2, 0) is 19.7 Å². The number of esters is 1. The van der Waals surface area contributed by atoms with Gasteiger partial charge >= 0.3 is 16.2 Å². The number of carbonyl (C=O) groups is 1. The molecule has 0 aromatic heterocycles. The van der Waals surface area contributed by atoms with Crippen molar-refractivity contribution in [3.8, 4) is 0 Å². The van der Waals surface area contributed by atoms with Crippen molar-refractivity contribution in [2.24, 2.45) is 0 Å². The van der Waals surface area contributed by atoms with Gasteiger partial charge in [0.05, 0.1) is 24.9 Å². The SMILES string of the molecule is COC(=O)CCN(C)S(=O)(=O)Nc1ccccc1N. The fourth-order valence-electron chi connectivity index (χ4n) is 1.28. The fourth-order valence-corrected chi connectivity index (χ4v) is 2.23. The molecule has 106 valence electrons. The molecule has 0 aliphatic carbocycles. The van der Waals surface area contributed by atoms with E-state index in [0.29, 0.717) is 11.4 Å². The van der Waals surface area contributed by atoms with Crippen LogP contribution in [0.25, 0.3) is 0 Å². The quantitative estimate of drug-likeness (QED) is 0.583. The van der Waals surface area contributed by atoms with Crippen molar-refractivity contribution in [2.45, 2.75) is 6.42 Å². The Hall–Kier alpha value is -1.80. The van der Waals surface area contributed by atoms with E-state index in [1.165, 1.54) is 14.2 Å². The molecule has 0 aliphatic rings. The van der Waals surface area contributed by atoms with Crippen LogP contribution in [-0.4, -0.2) is 39.4 Å². The maximum atomic E-state index is 12.0. The van der Waals surface area contributed by atoms with E-state index >= 15 is 0 Å². The molecular formula is C11H17N3O4S. The number of methoxy groups -OCH3 is 1. The van der Waals surface area contributed by atoms with E-state index in [1.807, 2.05) is 0 Å². The predicted octanol–water partition coefficient (Wildman–Crippen LogP) is 0.420. The van der Waals surface area contributed by atoms with Crippen LogP contribution < -0.4 is 10.5 Å². The Balaban J connectivity index is 2.70. The molecule has 0 saturated carbocycles. The monoisotopic (exact) mass is 287 g/mol. The van der Waals surface area contributed by atoms with Crippen molar-refractivity contribution in [1.29, 1.82) is 0 Å². The summed E-state index contributed by atoms with van der Waals surface area (Å²) in [6.07, 6.45) is -0.0157. The van der Waals surface area contributed by atoms with Gasteiger partial charge in [-0.25, -0.2) is 0 Å². The van der Waals surface area contributed by atoms with Gasteiger partial charge in [0.1, 0.15) is 0 Å². The standard InChI is InChI=1S/C11H17N3O4S/c1-14(8-7-11(15)18-2)19(16,17)13-10-6-4-3-5-9(10)12/h3-6,13H,7-8,12H2,1-2H3. The number of hydrogen-bond acceptors (Lipinski definition) is 5. The maximum absolute atomic E-state index is 12.0. The molecule has 1 aromatic rings. The summed E-state index contributed by atoms with van der Waals surface area (Å²) in [5.74, 6) is -0.471. The van der Waals surface area contributed by atoms with Crippen LogP contribution in [0.1, 0.15) is 6.42 Å². The Kier molecular flexibility index (Phi) is 5.13. The largest absolute Gasteiger partial charge is 0.469 e. The van der Waals surface area contributed by atoms with Crippen LogP contribution >= 0.6 is 0 Å². The summed E-state index contributed by atoms with van der Waals surface area (Å²) < 4.78 is 31.7. The van der Waals surface area contributed by atoms with E-state index in [9.17, 15) is 13.2 Å². The number of benzene rings is 1. The van der Waals surface area contributed by atoms with E-state index in [4.69, 9.17) is 5.73 Å². The minimum absolute atomic E-state index is 0.0157. The average molecular weight is 287 g/mol. The van der Waals surface area contributed by atoms with Gasteiger partial charge in [-0.2, -0.15) is 12.7 Å². The number of nitrogens with one attached hydrogen (secondary N) is 1. The number of nitrogens with zero attached hydrogens (tertiary/aromatic N) is 1. The molecule has 3 N–H and O–H groups in total. The average Bonchev–Trinajstić information content (AvgIpc) is 2.37. The molecule has 0 amide bonds. The number of anilines is 2. The van der Waals surface area contributed by atoms with Gasteiger partial charge in [0.2, 0.25) is 0 Å². The lowest BCUT2D eigenvalue weighted by Gasteiger charge is -2.18. The Morgan fingerprint density at radius 1 is 1.42 bits per heavy atom. The number of nitrogen functional groups attached to an aromatic ring is 1. The molecule has 0 atom stereocenters. The Morgan fingerprint density at radius 3 is 2.63 bits per heavy atom. The Morgan fingerprint density at radius 2 is 2.05 bits per heavy atom. The van der Waals surface area contributed by atoms with Crippen LogP contribution in [0.5, 0.6) is 0 Å². The van der Waals surface area contributed by atoms with Crippen molar-refractivity contribution in [3.05, 3.63) is 24.3 Å². The highest BCUT2D eigenvalue weighted by atomic mass is 32.2. The van der Waals surface area contributed by atoms with E-state index in [1.54, 1.807) is 24.3 Å². The minimum Gasteiger partial charge on any atom is -0.469 e. The number of hydrogen-bond donors (Lipinski definition) is 2. The first kappa shape index (κ1) is 15.3. The second-order valence-corrected chi connectivity index (χ2v) is 5.62. The van der Waals surface area contributed by atoms with Gasteiger partial charge in [-0.1, -0.05) is 12.1 Å². The topological polar surface area (TPSA) is 102 Å². The second kappa shape index (κ2) is 6.39. The minimum atomic E-state index is -3.74. The smallest absolute Gasteiger partial charge is 0.306 e.